The Hall–Kier alpha value is -1.15. The fourth-order valence-corrected chi connectivity index (χ4v) is 5.56. The largest absolute Gasteiger partial charge is 0.340 e. The van der Waals surface area contributed by atoms with Gasteiger partial charge in [-0.3, -0.25) is 4.79 Å². The van der Waals surface area contributed by atoms with Gasteiger partial charge in [-0.2, -0.15) is 17.0 Å². The Labute approximate surface area is 160 Å². The van der Waals surface area contributed by atoms with Gasteiger partial charge in [0.15, 0.2) is 0 Å². The summed E-state index contributed by atoms with van der Waals surface area (Å²) in [4.78, 5) is 14.2. The fourth-order valence-electron chi connectivity index (χ4n) is 3.60. The molecule has 1 amide bonds. The van der Waals surface area contributed by atoms with Crippen LogP contribution in [-0.2, 0) is 21.4 Å². The number of piperazine rings is 1. The number of hydrogen-bond acceptors (Lipinski definition) is 3. The molecule has 0 spiro atoms. The number of amides is 1. The summed E-state index contributed by atoms with van der Waals surface area (Å²) in [6.45, 7) is 4.82. The van der Waals surface area contributed by atoms with E-state index in [1.807, 2.05) is 18.2 Å². The molecule has 1 atom stereocenters. The zero-order valence-corrected chi connectivity index (χ0v) is 16.7. The number of hydrogen-bond donors (Lipinski definition) is 0. The first-order chi connectivity index (χ1) is 12.4. The molecule has 0 aliphatic carbocycles. The number of piperidine rings is 1. The van der Waals surface area contributed by atoms with Gasteiger partial charge < -0.3 is 4.90 Å². The predicted molar refractivity (Wildman–Crippen MR) is 102 cm³/mol. The van der Waals surface area contributed by atoms with E-state index in [-0.39, 0.29) is 12.3 Å². The molecule has 1 aromatic carbocycles. The van der Waals surface area contributed by atoms with Crippen LogP contribution < -0.4 is 0 Å². The number of nitrogens with zero attached hydrogens (tertiary/aromatic N) is 3. The molecule has 2 saturated heterocycles. The van der Waals surface area contributed by atoms with Crippen LogP contribution in [-0.4, -0.2) is 67.1 Å². The highest BCUT2D eigenvalue weighted by Crippen LogP contribution is 2.22. The maximum atomic E-state index is 12.8. The van der Waals surface area contributed by atoms with E-state index in [9.17, 15) is 13.2 Å². The average Bonchev–Trinajstić information content (AvgIpc) is 2.63. The van der Waals surface area contributed by atoms with Gasteiger partial charge in [0.1, 0.15) is 0 Å². The summed E-state index contributed by atoms with van der Waals surface area (Å²) in [5.41, 5.74) is 0.802. The van der Waals surface area contributed by atoms with Crippen molar-refractivity contribution in [2.24, 2.45) is 5.92 Å². The van der Waals surface area contributed by atoms with Crippen LogP contribution in [0.1, 0.15) is 25.3 Å². The fraction of sp³-hybridized carbons (Fsp3) is 0.611. The lowest BCUT2D eigenvalue weighted by Crippen LogP contribution is -2.55. The minimum Gasteiger partial charge on any atom is -0.340 e. The van der Waals surface area contributed by atoms with E-state index in [1.54, 1.807) is 15.3 Å². The third-order valence-corrected chi connectivity index (χ3v) is 7.53. The van der Waals surface area contributed by atoms with Crippen LogP contribution in [0.15, 0.2) is 24.3 Å². The van der Waals surface area contributed by atoms with Gasteiger partial charge in [-0.15, -0.1) is 0 Å². The molecule has 0 saturated carbocycles. The summed E-state index contributed by atoms with van der Waals surface area (Å²) in [7, 11) is -3.43. The topological polar surface area (TPSA) is 60.9 Å². The highest BCUT2D eigenvalue weighted by molar-refractivity contribution is 7.86. The summed E-state index contributed by atoms with van der Waals surface area (Å²) in [5.74, 6) is 0.388. The standard InChI is InChI=1S/C18H26ClN3O3S/c1-15-5-4-8-22(14-15)26(24,25)21-11-9-20(10-12-21)18(23)13-16-6-2-3-7-17(16)19/h2-3,6-7,15H,4-5,8-14H2,1H3. The van der Waals surface area contributed by atoms with E-state index in [0.717, 1.165) is 18.4 Å². The normalized spacial score (nSPS) is 23.2. The van der Waals surface area contributed by atoms with Gasteiger partial charge >= 0.3 is 0 Å². The summed E-state index contributed by atoms with van der Waals surface area (Å²) < 4.78 is 28.8. The molecular formula is C18H26ClN3O3S. The molecule has 1 unspecified atom stereocenters. The third-order valence-electron chi connectivity index (χ3n) is 5.16. The molecule has 144 valence electrons. The minimum atomic E-state index is -3.43. The van der Waals surface area contributed by atoms with Crippen molar-refractivity contribution in [3.63, 3.8) is 0 Å². The molecule has 8 heteroatoms. The highest BCUT2D eigenvalue weighted by Gasteiger charge is 2.35. The van der Waals surface area contributed by atoms with Gasteiger partial charge in [-0.25, -0.2) is 0 Å². The van der Waals surface area contributed by atoms with Crippen molar-refractivity contribution in [1.29, 1.82) is 0 Å². The molecular weight excluding hydrogens is 374 g/mol. The Bertz CT molecular complexity index is 748. The summed E-state index contributed by atoms with van der Waals surface area (Å²) in [6, 6.07) is 7.31. The second-order valence-electron chi connectivity index (χ2n) is 7.16. The van der Waals surface area contributed by atoms with Gasteiger partial charge in [-0.1, -0.05) is 36.7 Å². The lowest BCUT2D eigenvalue weighted by atomic mass is 10.0. The number of rotatable bonds is 4. The maximum absolute atomic E-state index is 12.8. The van der Waals surface area contributed by atoms with E-state index in [2.05, 4.69) is 6.92 Å². The molecule has 2 aliphatic rings. The first-order valence-corrected chi connectivity index (χ1v) is 10.9. The Kier molecular flexibility index (Phi) is 6.22. The summed E-state index contributed by atoms with van der Waals surface area (Å²) in [6.07, 6.45) is 2.24. The van der Waals surface area contributed by atoms with Crippen LogP contribution in [0, 0.1) is 5.92 Å². The summed E-state index contributed by atoms with van der Waals surface area (Å²) >= 11 is 6.12. The van der Waals surface area contributed by atoms with Crippen molar-refractivity contribution in [2.75, 3.05) is 39.3 Å². The quantitative estimate of drug-likeness (QED) is 0.778. The molecule has 0 bridgehead atoms. The Balaban J connectivity index is 1.57. The zero-order valence-electron chi connectivity index (χ0n) is 15.1. The lowest BCUT2D eigenvalue weighted by Gasteiger charge is -2.38. The molecule has 3 rings (SSSR count). The number of benzene rings is 1. The Morgan fingerprint density at radius 2 is 1.81 bits per heavy atom. The van der Waals surface area contributed by atoms with Crippen molar-refractivity contribution in [1.82, 2.24) is 13.5 Å². The molecule has 0 N–H and O–H groups in total. The molecule has 0 aromatic heterocycles. The van der Waals surface area contributed by atoms with Crippen molar-refractivity contribution < 1.29 is 13.2 Å². The zero-order chi connectivity index (χ0) is 18.7. The van der Waals surface area contributed by atoms with E-state index in [1.165, 1.54) is 4.31 Å². The van der Waals surface area contributed by atoms with Crippen molar-refractivity contribution in [3.8, 4) is 0 Å². The summed E-state index contributed by atoms with van der Waals surface area (Å²) in [5, 5.41) is 0.585. The molecule has 1 aromatic rings. The highest BCUT2D eigenvalue weighted by atomic mass is 35.5. The second-order valence-corrected chi connectivity index (χ2v) is 9.50. The van der Waals surface area contributed by atoms with Crippen molar-refractivity contribution in [2.45, 2.75) is 26.2 Å². The monoisotopic (exact) mass is 399 g/mol. The lowest BCUT2D eigenvalue weighted by molar-refractivity contribution is -0.131. The van der Waals surface area contributed by atoms with Gasteiger partial charge in [0.05, 0.1) is 6.42 Å². The van der Waals surface area contributed by atoms with E-state index in [4.69, 9.17) is 11.6 Å². The molecule has 2 fully saturated rings. The van der Waals surface area contributed by atoms with E-state index in [0.29, 0.717) is 50.2 Å². The first kappa shape index (κ1) is 19.6. The van der Waals surface area contributed by atoms with Gasteiger partial charge in [0.2, 0.25) is 5.91 Å². The average molecular weight is 400 g/mol. The van der Waals surface area contributed by atoms with Crippen LogP contribution in [0.4, 0.5) is 0 Å². The maximum Gasteiger partial charge on any atom is 0.282 e. The molecule has 0 radical (unpaired) electrons. The molecule has 26 heavy (non-hydrogen) atoms. The Morgan fingerprint density at radius 1 is 1.12 bits per heavy atom. The van der Waals surface area contributed by atoms with E-state index >= 15 is 0 Å². The first-order valence-electron chi connectivity index (χ1n) is 9.14. The number of carbonyl (C=O) groups excluding carboxylic acids is 1. The van der Waals surface area contributed by atoms with Crippen LogP contribution >= 0.6 is 11.6 Å². The van der Waals surface area contributed by atoms with Crippen LogP contribution in [0.2, 0.25) is 5.02 Å². The van der Waals surface area contributed by atoms with Gasteiger partial charge in [0.25, 0.3) is 10.2 Å². The van der Waals surface area contributed by atoms with Gasteiger partial charge in [0, 0.05) is 44.3 Å². The van der Waals surface area contributed by atoms with E-state index < -0.39 is 10.2 Å². The molecule has 2 heterocycles. The van der Waals surface area contributed by atoms with Crippen LogP contribution in [0.5, 0.6) is 0 Å². The number of halogens is 1. The van der Waals surface area contributed by atoms with Crippen LogP contribution in [0.25, 0.3) is 0 Å². The van der Waals surface area contributed by atoms with Crippen molar-refractivity contribution >= 4 is 27.7 Å². The van der Waals surface area contributed by atoms with Gasteiger partial charge in [-0.05, 0) is 30.4 Å². The molecule has 2 aliphatic heterocycles. The third kappa shape index (κ3) is 4.39. The Morgan fingerprint density at radius 3 is 2.46 bits per heavy atom. The molecule has 6 nitrogen and oxygen atoms in total. The SMILES string of the molecule is CC1CCCN(S(=O)(=O)N2CCN(C(=O)Cc3ccccc3Cl)CC2)C1. The number of carbonyl (C=O) groups is 1. The second kappa shape index (κ2) is 8.25. The minimum absolute atomic E-state index is 0.0123. The smallest absolute Gasteiger partial charge is 0.282 e. The predicted octanol–water partition coefficient (Wildman–Crippen LogP) is 2.00. The van der Waals surface area contributed by atoms with Crippen molar-refractivity contribution in [3.05, 3.63) is 34.9 Å². The van der Waals surface area contributed by atoms with Crippen LogP contribution in [0.3, 0.4) is 0 Å².